The smallest absolute Gasteiger partial charge is 0.327 e. The summed E-state index contributed by atoms with van der Waals surface area (Å²) >= 11 is 0. The van der Waals surface area contributed by atoms with Gasteiger partial charge in [0.15, 0.2) is 0 Å². The highest BCUT2D eigenvalue weighted by molar-refractivity contribution is 5.83. The van der Waals surface area contributed by atoms with Gasteiger partial charge in [-0.2, -0.15) is 0 Å². The lowest BCUT2D eigenvalue weighted by Crippen LogP contribution is -2.41. The molecule has 4 heteroatoms. The van der Waals surface area contributed by atoms with Gasteiger partial charge >= 0.3 is 5.97 Å². The fourth-order valence-corrected chi connectivity index (χ4v) is 2.22. The van der Waals surface area contributed by atoms with E-state index in [0.29, 0.717) is 12.3 Å². The van der Waals surface area contributed by atoms with Gasteiger partial charge in [0.2, 0.25) is 5.91 Å². The van der Waals surface area contributed by atoms with Gasteiger partial charge in [-0.25, -0.2) is 4.79 Å². The average Bonchev–Trinajstić information content (AvgIpc) is 2.29. The molecule has 0 spiro atoms. The Morgan fingerprint density at radius 1 is 1.35 bits per heavy atom. The van der Waals surface area contributed by atoms with Crippen LogP contribution in [0.15, 0.2) is 0 Å². The number of terminal acetylenes is 1. The maximum Gasteiger partial charge on any atom is 0.327 e. The summed E-state index contributed by atoms with van der Waals surface area (Å²) in [5.41, 5.74) is 0. The minimum atomic E-state index is -1.07. The van der Waals surface area contributed by atoms with Gasteiger partial charge in [0.25, 0.3) is 0 Å². The first-order valence-electron chi connectivity index (χ1n) is 6.09. The van der Waals surface area contributed by atoms with Crippen LogP contribution in [0.1, 0.15) is 44.9 Å². The number of rotatable bonds is 5. The van der Waals surface area contributed by atoms with Crippen molar-refractivity contribution in [2.75, 3.05) is 0 Å². The van der Waals surface area contributed by atoms with Crippen LogP contribution in [-0.4, -0.2) is 23.0 Å². The Labute approximate surface area is 102 Å². The zero-order valence-corrected chi connectivity index (χ0v) is 9.95. The molecule has 17 heavy (non-hydrogen) atoms. The van der Waals surface area contributed by atoms with Gasteiger partial charge in [0.1, 0.15) is 6.04 Å². The molecule has 0 bridgehead atoms. The number of nitrogens with one attached hydrogen (secondary N) is 1. The lowest BCUT2D eigenvalue weighted by atomic mass is 9.87. The third-order valence-electron chi connectivity index (χ3n) is 3.15. The summed E-state index contributed by atoms with van der Waals surface area (Å²) in [7, 11) is 0. The third-order valence-corrected chi connectivity index (χ3v) is 3.15. The molecule has 0 saturated heterocycles. The van der Waals surface area contributed by atoms with E-state index in [0.717, 1.165) is 12.8 Å². The van der Waals surface area contributed by atoms with E-state index in [1.54, 1.807) is 0 Å². The van der Waals surface area contributed by atoms with Crippen molar-refractivity contribution in [2.45, 2.75) is 51.0 Å². The molecular formula is C13H19NO3. The molecule has 94 valence electrons. The molecule has 0 aliphatic heterocycles. The number of carboxylic acids is 1. The SMILES string of the molecule is C#CCC(NC(=O)CC1CCCCC1)C(=O)O. The fourth-order valence-electron chi connectivity index (χ4n) is 2.22. The Bertz CT molecular complexity index is 313. The molecule has 1 aliphatic rings. The van der Waals surface area contributed by atoms with Crippen LogP contribution in [0.5, 0.6) is 0 Å². The molecule has 1 atom stereocenters. The van der Waals surface area contributed by atoms with E-state index >= 15 is 0 Å². The van der Waals surface area contributed by atoms with Gasteiger partial charge in [-0.3, -0.25) is 4.79 Å². The van der Waals surface area contributed by atoms with Crippen molar-refractivity contribution in [3.63, 3.8) is 0 Å². The molecule has 1 unspecified atom stereocenters. The fraction of sp³-hybridized carbons (Fsp3) is 0.692. The molecule has 1 rings (SSSR count). The minimum Gasteiger partial charge on any atom is -0.480 e. The van der Waals surface area contributed by atoms with Crippen molar-refractivity contribution in [2.24, 2.45) is 5.92 Å². The van der Waals surface area contributed by atoms with Crippen molar-refractivity contribution in [1.29, 1.82) is 0 Å². The second-order valence-electron chi connectivity index (χ2n) is 4.57. The van der Waals surface area contributed by atoms with Crippen molar-refractivity contribution >= 4 is 11.9 Å². The van der Waals surface area contributed by atoms with Gasteiger partial charge < -0.3 is 10.4 Å². The Morgan fingerprint density at radius 3 is 2.53 bits per heavy atom. The van der Waals surface area contributed by atoms with Crippen LogP contribution >= 0.6 is 0 Å². The monoisotopic (exact) mass is 237 g/mol. The summed E-state index contributed by atoms with van der Waals surface area (Å²) in [4.78, 5) is 22.5. The third kappa shape index (κ3) is 4.90. The summed E-state index contributed by atoms with van der Waals surface area (Å²) in [5, 5.41) is 11.3. The summed E-state index contributed by atoms with van der Waals surface area (Å²) in [5.74, 6) is 1.40. The van der Waals surface area contributed by atoms with Crippen molar-refractivity contribution in [1.82, 2.24) is 5.32 Å². The lowest BCUT2D eigenvalue weighted by Gasteiger charge is -2.21. The van der Waals surface area contributed by atoms with Gasteiger partial charge in [-0.05, 0) is 18.8 Å². The molecule has 1 amide bonds. The molecular weight excluding hydrogens is 218 g/mol. The molecule has 0 aromatic carbocycles. The first-order chi connectivity index (χ1) is 8.13. The second kappa shape index (κ2) is 6.95. The number of aliphatic carboxylic acids is 1. The number of carbonyl (C=O) groups excluding carboxylic acids is 1. The van der Waals surface area contributed by atoms with Gasteiger partial charge in [-0.1, -0.05) is 19.3 Å². The van der Waals surface area contributed by atoms with E-state index in [1.165, 1.54) is 19.3 Å². The summed E-state index contributed by atoms with van der Waals surface area (Å²) in [6, 6.07) is -0.948. The summed E-state index contributed by atoms with van der Waals surface area (Å²) in [6.07, 6.45) is 11.2. The van der Waals surface area contributed by atoms with E-state index in [4.69, 9.17) is 11.5 Å². The highest BCUT2D eigenvalue weighted by atomic mass is 16.4. The number of hydrogen-bond acceptors (Lipinski definition) is 2. The molecule has 2 N–H and O–H groups in total. The number of carbonyl (C=O) groups is 2. The van der Waals surface area contributed by atoms with Crippen molar-refractivity contribution < 1.29 is 14.7 Å². The largest absolute Gasteiger partial charge is 0.480 e. The number of carboxylic acid groups (broad SMARTS) is 1. The van der Waals surface area contributed by atoms with Gasteiger partial charge in [0.05, 0.1) is 0 Å². The predicted molar refractivity (Wildman–Crippen MR) is 64.2 cm³/mol. The van der Waals surface area contributed by atoms with E-state index in [1.807, 2.05) is 0 Å². The van der Waals surface area contributed by atoms with Crippen LogP contribution in [0.25, 0.3) is 0 Å². The van der Waals surface area contributed by atoms with Crippen molar-refractivity contribution in [3.05, 3.63) is 0 Å². The Balaban J connectivity index is 2.36. The molecule has 1 saturated carbocycles. The standard InChI is InChI=1S/C13H19NO3/c1-2-6-11(13(16)17)14-12(15)9-10-7-4-3-5-8-10/h1,10-11H,3-9H2,(H,14,15)(H,16,17). The quantitative estimate of drug-likeness (QED) is 0.713. The predicted octanol–water partition coefficient (Wildman–Crippen LogP) is 1.55. The van der Waals surface area contributed by atoms with E-state index in [2.05, 4.69) is 11.2 Å². The van der Waals surface area contributed by atoms with Crippen LogP contribution in [0.2, 0.25) is 0 Å². The maximum atomic E-state index is 11.7. The van der Waals surface area contributed by atoms with E-state index in [9.17, 15) is 9.59 Å². The minimum absolute atomic E-state index is 0.0335. The second-order valence-corrected chi connectivity index (χ2v) is 4.57. The molecule has 0 heterocycles. The highest BCUT2D eigenvalue weighted by Crippen LogP contribution is 2.26. The van der Waals surface area contributed by atoms with Crippen LogP contribution in [0.4, 0.5) is 0 Å². The molecule has 0 aromatic heterocycles. The summed E-state index contributed by atoms with van der Waals surface area (Å²) < 4.78 is 0. The molecule has 1 aliphatic carbocycles. The Morgan fingerprint density at radius 2 is 2.00 bits per heavy atom. The Kier molecular flexibility index (Phi) is 5.55. The van der Waals surface area contributed by atoms with Crippen LogP contribution < -0.4 is 5.32 Å². The summed E-state index contributed by atoms with van der Waals surface area (Å²) in [6.45, 7) is 0. The number of amides is 1. The maximum absolute atomic E-state index is 11.7. The van der Waals surface area contributed by atoms with E-state index in [-0.39, 0.29) is 12.3 Å². The molecule has 4 nitrogen and oxygen atoms in total. The topological polar surface area (TPSA) is 66.4 Å². The first-order valence-corrected chi connectivity index (χ1v) is 6.09. The van der Waals surface area contributed by atoms with Crippen LogP contribution in [-0.2, 0) is 9.59 Å². The first kappa shape index (κ1) is 13.6. The number of hydrogen-bond donors (Lipinski definition) is 2. The Hall–Kier alpha value is -1.50. The van der Waals surface area contributed by atoms with Crippen LogP contribution in [0.3, 0.4) is 0 Å². The highest BCUT2D eigenvalue weighted by Gasteiger charge is 2.22. The van der Waals surface area contributed by atoms with E-state index < -0.39 is 12.0 Å². The molecule has 1 fully saturated rings. The lowest BCUT2D eigenvalue weighted by molar-refractivity contribution is -0.141. The molecule has 0 aromatic rings. The average molecular weight is 237 g/mol. The zero-order chi connectivity index (χ0) is 12.7. The zero-order valence-electron chi connectivity index (χ0n) is 9.95. The van der Waals surface area contributed by atoms with Gasteiger partial charge in [-0.15, -0.1) is 12.3 Å². The molecule has 0 radical (unpaired) electrons. The normalized spacial score (nSPS) is 18.1. The van der Waals surface area contributed by atoms with Crippen LogP contribution in [0, 0.1) is 18.3 Å². The van der Waals surface area contributed by atoms with Gasteiger partial charge in [0, 0.05) is 12.8 Å². The van der Waals surface area contributed by atoms with Crippen molar-refractivity contribution in [3.8, 4) is 12.3 Å².